The summed E-state index contributed by atoms with van der Waals surface area (Å²) < 4.78 is 7.77. The van der Waals surface area contributed by atoms with E-state index in [1.54, 1.807) is 0 Å². The number of aryl methyl sites for hydroxylation is 1. The average Bonchev–Trinajstić information content (AvgIpc) is 2.76. The Morgan fingerprint density at radius 1 is 1.22 bits per heavy atom. The molecule has 0 aliphatic carbocycles. The second-order valence-electron chi connectivity index (χ2n) is 4.74. The van der Waals surface area contributed by atoms with E-state index in [4.69, 9.17) is 4.74 Å². The Bertz CT molecular complexity index is 503. The molecule has 2 rings (SSSR count). The molecule has 0 bridgehead atoms. The lowest BCUT2D eigenvalue weighted by Crippen LogP contribution is -2.07. The third-order valence-corrected chi connectivity index (χ3v) is 3.08. The molecule has 0 aliphatic rings. The fourth-order valence-electron chi connectivity index (χ4n) is 2.00. The number of nitrogens with zero attached hydrogens (tertiary/aromatic N) is 2. The summed E-state index contributed by atoms with van der Waals surface area (Å²) in [5, 5.41) is 4.15. The zero-order valence-electron chi connectivity index (χ0n) is 11.3. The van der Waals surface area contributed by atoms with E-state index in [0.29, 0.717) is 12.5 Å². The van der Waals surface area contributed by atoms with Gasteiger partial charge < -0.3 is 4.74 Å². The summed E-state index contributed by atoms with van der Waals surface area (Å²) in [7, 11) is 1.96. The zero-order chi connectivity index (χ0) is 13.0. The minimum Gasteiger partial charge on any atom is -0.493 e. The van der Waals surface area contributed by atoms with Crippen LogP contribution in [0.2, 0.25) is 0 Å². The van der Waals surface area contributed by atoms with Crippen LogP contribution in [-0.4, -0.2) is 16.4 Å². The van der Waals surface area contributed by atoms with Gasteiger partial charge in [0.05, 0.1) is 6.61 Å². The predicted molar refractivity (Wildman–Crippen MR) is 72.9 cm³/mol. The number of benzene rings is 1. The van der Waals surface area contributed by atoms with Crippen molar-refractivity contribution in [2.24, 2.45) is 7.05 Å². The Kier molecular flexibility index (Phi) is 4.03. The van der Waals surface area contributed by atoms with E-state index < -0.39 is 0 Å². The highest BCUT2D eigenvalue weighted by atomic mass is 16.5. The number of hydrogen-bond donors (Lipinski definition) is 0. The average molecular weight is 244 g/mol. The number of ether oxygens (including phenoxy) is 1. The second-order valence-corrected chi connectivity index (χ2v) is 4.74. The molecule has 2 aromatic rings. The van der Waals surface area contributed by atoms with Crippen LogP contribution in [0.15, 0.2) is 36.5 Å². The normalized spacial score (nSPS) is 10.9. The maximum atomic E-state index is 5.89. The molecule has 0 saturated heterocycles. The first-order valence-electron chi connectivity index (χ1n) is 6.37. The van der Waals surface area contributed by atoms with E-state index in [1.165, 1.54) is 11.3 Å². The van der Waals surface area contributed by atoms with Crippen molar-refractivity contribution in [3.8, 4) is 5.75 Å². The molecule has 0 amide bonds. The molecule has 3 nitrogen and oxygen atoms in total. The molecule has 0 spiro atoms. The van der Waals surface area contributed by atoms with Gasteiger partial charge in [0.2, 0.25) is 0 Å². The fraction of sp³-hybridized carbons (Fsp3) is 0.400. The van der Waals surface area contributed by atoms with Gasteiger partial charge in [-0.1, -0.05) is 32.0 Å². The molecule has 18 heavy (non-hydrogen) atoms. The van der Waals surface area contributed by atoms with Crippen molar-refractivity contribution in [1.82, 2.24) is 9.78 Å². The van der Waals surface area contributed by atoms with Crippen molar-refractivity contribution in [1.29, 1.82) is 0 Å². The number of hydrogen-bond acceptors (Lipinski definition) is 2. The van der Waals surface area contributed by atoms with E-state index in [1.807, 2.05) is 36.1 Å². The van der Waals surface area contributed by atoms with Crippen LogP contribution in [0.3, 0.4) is 0 Å². The van der Waals surface area contributed by atoms with E-state index in [-0.39, 0.29) is 0 Å². The molecule has 0 radical (unpaired) electrons. The molecule has 0 atom stereocenters. The van der Waals surface area contributed by atoms with Crippen molar-refractivity contribution in [3.63, 3.8) is 0 Å². The van der Waals surface area contributed by atoms with Crippen molar-refractivity contribution < 1.29 is 4.74 Å². The topological polar surface area (TPSA) is 27.1 Å². The molecule has 1 aromatic carbocycles. The molecule has 0 unspecified atom stereocenters. The highest BCUT2D eigenvalue weighted by molar-refractivity contribution is 5.35. The number of para-hydroxylation sites is 1. The Labute approximate surface area is 108 Å². The summed E-state index contributed by atoms with van der Waals surface area (Å²) in [6, 6.07) is 10.3. The molecule has 3 heteroatoms. The summed E-state index contributed by atoms with van der Waals surface area (Å²) >= 11 is 0. The third-order valence-electron chi connectivity index (χ3n) is 3.08. The Morgan fingerprint density at radius 3 is 2.67 bits per heavy atom. The van der Waals surface area contributed by atoms with Gasteiger partial charge in [-0.15, -0.1) is 0 Å². The second kappa shape index (κ2) is 5.71. The lowest BCUT2D eigenvalue weighted by molar-refractivity contribution is 0.314. The SMILES string of the molecule is CC(C)c1ccccc1OCCc1ccnn1C. The smallest absolute Gasteiger partial charge is 0.122 e. The van der Waals surface area contributed by atoms with E-state index in [0.717, 1.165) is 12.2 Å². The van der Waals surface area contributed by atoms with Gasteiger partial charge in [-0.2, -0.15) is 5.10 Å². The highest BCUT2D eigenvalue weighted by Gasteiger charge is 2.07. The molecule has 0 saturated carbocycles. The number of aromatic nitrogens is 2. The van der Waals surface area contributed by atoms with Gasteiger partial charge in [-0.3, -0.25) is 4.68 Å². The highest BCUT2D eigenvalue weighted by Crippen LogP contribution is 2.25. The first-order valence-corrected chi connectivity index (χ1v) is 6.37. The summed E-state index contributed by atoms with van der Waals surface area (Å²) in [4.78, 5) is 0. The maximum Gasteiger partial charge on any atom is 0.122 e. The first-order chi connectivity index (χ1) is 8.68. The Hall–Kier alpha value is -1.77. The largest absolute Gasteiger partial charge is 0.493 e. The van der Waals surface area contributed by atoms with E-state index >= 15 is 0 Å². The quantitative estimate of drug-likeness (QED) is 0.807. The molecule has 1 heterocycles. The Balaban J connectivity index is 1.96. The van der Waals surface area contributed by atoms with Gasteiger partial charge in [0.25, 0.3) is 0 Å². The van der Waals surface area contributed by atoms with Gasteiger partial charge in [0.15, 0.2) is 0 Å². The van der Waals surface area contributed by atoms with Crippen molar-refractivity contribution in [2.45, 2.75) is 26.2 Å². The standard InChI is InChI=1S/C15H20N2O/c1-12(2)14-6-4-5-7-15(14)18-11-9-13-8-10-16-17(13)3/h4-8,10,12H,9,11H2,1-3H3. The molecule has 0 N–H and O–H groups in total. The Morgan fingerprint density at radius 2 is 2.00 bits per heavy atom. The van der Waals surface area contributed by atoms with Gasteiger partial charge in [0, 0.05) is 25.4 Å². The van der Waals surface area contributed by atoms with Crippen molar-refractivity contribution in [3.05, 3.63) is 47.8 Å². The van der Waals surface area contributed by atoms with E-state index in [9.17, 15) is 0 Å². The zero-order valence-corrected chi connectivity index (χ0v) is 11.3. The van der Waals surface area contributed by atoms with Crippen LogP contribution >= 0.6 is 0 Å². The van der Waals surface area contributed by atoms with Crippen LogP contribution in [0.1, 0.15) is 31.0 Å². The summed E-state index contributed by atoms with van der Waals surface area (Å²) in [5.41, 5.74) is 2.46. The van der Waals surface area contributed by atoms with Gasteiger partial charge >= 0.3 is 0 Å². The molecule has 0 aliphatic heterocycles. The molecule has 0 fully saturated rings. The summed E-state index contributed by atoms with van der Waals surface area (Å²) in [5.74, 6) is 1.48. The van der Waals surface area contributed by atoms with Gasteiger partial charge in [-0.25, -0.2) is 0 Å². The van der Waals surface area contributed by atoms with Crippen LogP contribution in [-0.2, 0) is 13.5 Å². The summed E-state index contributed by atoms with van der Waals surface area (Å²) in [6.45, 7) is 5.05. The first kappa shape index (κ1) is 12.7. The molecule has 96 valence electrons. The van der Waals surface area contributed by atoms with E-state index in [2.05, 4.69) is 31.1 Å². The van der Waals surface area contributed by atoms with Gasteiger partial charge in [0.1, 0.15) is 5.75 Å². The molecular weight excluding hydrogens is 224 g/mol. The van der Waals surface area contributed by atoms with Crippen LogP contribution in [0.5, 0.6) is 5.75 Å². The lowest BCUT2D eigenvalue weighted by atomic mass is 10.0. The predicted octanol–water partition coefficient (Wildman–Crippen LogP) is 3.17. The third kappa shape index (κ3) is 2.92. The summed E-state index contributed by atoms with van der Waals surface area (Å²) in [6.07, 6.45) is 2.69. The van der Waals surface area contributed by atoms with Crippen molar-refractivity contribution >= 4 is 0 Å². The van der Waals surface area contributed by atoms with Crippen LogP contribution in [0.4, 0.5) is 0 Å². The van der Waals surface area contributed by atoms with Crippen molar-refractivity contribution in [2.75, 3.05) is 6.61 Å². The minimum atomic E-state index is 0.484. The fourth-order valence-corrected chi connectivity index (χ4v) is 2.00. The van der Waals surface area contributed by atoms with Crippen LogP contribution in [0.25, 0.3) is 0 Å². The maximum absolute atomic E-state index is 5.89. The number of rotatable bonds is 5. The van der Waals surface area contributed by atoms with Gasteiger partial charge in [-0.05, 0) is 23.6 Å². The van der Waals surface area contributed by atoms with Crippen LogP contribution in [0, 0.1) is 0 Å². The molecule has 1 aromatic heterocycles. The monoisotopic (exact) mass is 244 g/mol. The van der Waals surface area contributed by atoms with Crippen LogP contribution < -0.4 is 4.74 Å². The minimum absolute atomic E-state index is 0.484. The lowest BCUT2D eigenvalue weighted by Gasteiger charge is -2.13. The molecular formula is C15H20N2O.